The normalized spacial score (nSPS) is 14.6. The zero-order valence-corrected chi connectivity index (χ0v) is 9.05. The highest BCUT2D eigenvalue weighted by atomic mass is 16.3. The van der Waals surface area contributed by atoms with E-state index in [0.29, 0.717) is 0 Å². The van der Waals surface area contributed by atoms with Crippen molar-refractivity contribution in [3.63, 3.8) is 0 Å². The number of aliphatic hydroxyl groups is 1. The number of hydrogen-bond donors (Lipinski definition) is 1. The fourth-order valence-corrected chi connectivity index (χ4v) is 1.86. The lowest BCUT2D eigenvalue weighted by atomic mass is 9.89. The van der Waals surface area contributed by atoms with Gasteiger partial charge < -0.3 is 9.90 Å². The Labute approximate surface area is 93.7 Å². The number of fused-ring (bicyclic) bond motifs is 1. The molecule has 0 bridgehead atoms. The van der Waals surface area contributed by atoms with Gasteiger partial charge in [-0.2, -0.15) is 0 Å². The maximum Gasteiger partial charge on any atom is 0.123 e. The number of carbonyl (C=O) groups excluding carboxylic acids is 1. The fourth-order valence-electron chi connectivity index (χ4n) is 1.86. The van der Waals surface area contributed by atoms with Gasteiger partial charge in [-0.15, -0.1) is 0 Å². The van der Waals surface area contributed by atoms with Gasteiger partial charge >= 0.3 is 0 Å². The molecule has 0 saturated carbocycles. The lowest BCUT2D eigenvalue weighted by Gasteiger charge is -2.22. The number of hydrogen-bond acceptors (Lipinski definition) is 3. The topological polar surface area (TPSA) is 50.2 Å². The number of carbonyl (C=O) groups is 1. The fraction of sp³-hybridized carbons (Fsp3) is 0.231. The van der Waals surface area contributed by atoms with E-state index in [9.17, 15) is 9.90 Å². The van der Waals surface area contributed by atoms with E-state index in [-0.39, 0.29) is 6.42 Å². The molecule has 0 saturated heterocycles. The summed E-state index contributed by atoms with van der Waals surface area (Å²) in [6, 6.07) is 7.48. The third-order valence-electron chi connectivity index (χ3n) is 2.74. The minimum absolute atomic E-state index is 0.0917. The molecule has 0 aliphatic heterocycles. The first-order valence-corrected chi connectivity index (χ1v) is 5.14. The van der Waals surface area contributed by atoms with E-state index >= 15 is 0 Å². The summed E-state index contributed by atoms with van der Waals surface area (Å²) in [6.45, 7) is 1.65. The number of rotatable bonds is 3. The molecule has 1 aromatic carbocycles. The second kappa shape index (κ2) is 4.02. The quantitative estimate of drug-likeness (QED) is 0.797. The van der Waals surface area contributed by atoms with Gasteiger partial charge in [0.25, 0.3) is 0 Å². The minimum Gasteiger partial charge on any atom is -0.385 e. The molecule has 1 atom stereocenters. The predicted molar refractivity (Wildman–Crippen MR) is 62.0 cm³/mol. The van der Waals surface area contributed by atoms with Crippen LogP contribution in [0.15, 0.2) is 36.7 Å². The van der Waals surface area contributed by atoms with Crippen molar-refractivity contribution < 1.29 is 9.90 Å². The number of aldehydes is 1. The molecular weight excluding hydrogens is 202 g/mol. The van der Waals surface area contributed by atoms with Gasteiger partial charge in [-0.05, 0) is 23.9 Å². The summed E-state index contributed by atoms with van der Waals surface area (Å²) in [5, 5.41) is 12.1. The van der Waals surface area contributed by atoms with E-state index in [1.165, 1.54) is 0 Å². The van der Waals surface area contributed by atoms with Crippen LogP contribution < -0.4 is 0 Å². The van der Waals surface area contributed by atoms with Crippen LogP contribution in [0.3, 0.4) is 0 Å². The third-order valence-corrected chi connectivity index (χ3v) is 2.74. The molecule has 0 aliphatic carbocycles. The Morgan fingerprint density at radius 2 is 2.25 bits per heavy atom. The van der Waals surface area contributed by atoms with E-state index in [1.54, 1.807) is 19.3 Å². The Kier molecular flexibility index (Phi) is 2.71. The van der Waals surface area contributed by atoms with Crippen molar-refractivity contribution in [1.29, 1.82) is 0 Å². The summed E-state index contributed by atoms with van der Waals surface area (Å²) in [7, 11) is 0. The van der Waals surface area contributed by atoms with E-state index in [4.69, 9.17) is 0 Å². The molecule has 0 fully saturated rings. The molecule has 2 rings (SSSR count). The van der Waals surface area contributed by atoms with Crippen molar-refractivity contribution >= 4 is 17.1 Å². The summed E-state index contributed by atoms with van der Waals surface area (Å²) in [5.41, 5.74) is -0.359. The second-order valence-electron chi connectivity index (χ2n) is 4.05. The van der Waals surface area contributed by atoms with E-state index in [2.05, 4.69) is 4.98 Å². The first-order chi connectivity index (χ1) is 7.65. The van der Waals surface area contributed by atoms with Crippen LogP contribution in [-0.4, -0.2) is 16.4 Å². The van der Waals surface area contributed by atoms with Crippen molar-refractivity contribution in [3.8, 4) is 0 Å². The van der Waals surface area contributed by atoms with Crippen LogP contribution in [-0.2, 0) is 10.4 Å². The Morgan fingerprint density at radius 1 is 1.44 bits per heavy atom. The van der Waals surface area contributed by atoms with Gasteiger partial charge in [0.1, 0.15) is 6.29 Å². The summed E-state index contributed by atoms with van der Waals surface area (Å²) < 4.78 is 0. The smallest absolute Gasteiger partial charge is 0.123 e. The molecule has 1 heterocycles. The summed E-state index contributed by atoms with van der Waals surface area (Å²) in [5.74, 6) is 0. The van der Waals surface area contributed by atoms with Crippen LogP contribution >= 0.6 is 0 Å². The first-order valence-electron chi connectivity index (χ1n) is 5.14. The van der Waals surface area contributed by atoms with Gasteiger partial charge in [0.15, 0.2) is 0 Å². The van der Waals surface area contributed by atoms with Crippen molar-refractivity contribution in [3.05, 3.63) is 42.2 Å². The van der Waals surface area contributed by atoms with Crippen LogP contribution in [0.2, 0.25) is 0 Å². The van der Waals surface area contributed by atoms with Gasteiger partial charge in [0.05, 0.1) is 5.60 Å². The van der Waals surface area contributed by atoms with Gasteiger partial charge in [0.2, 0.25) is 0 Å². The van der Waals surface area contributed by atoms with Crippen LogP contribution in [0.4, 0.5) is 0 Å². The summed E-state index contributed by atoms with van der Waals surface area (Å²) >= 11 is 0. The van der Waals surface area contributed by atoms with Crippen LogP contribution in [0.1, 0.15) is 18.9 Å². The highest BCUT2D eigenvalue weighted by Gasteiger charge is 2.24. The maximum absolute atomic E-state index is 10.6. The Hall–Kier alpha value is -1.74. The lowest BCUT2D eigenvalue weighted by molar-refractivity contribution is -0.112. The van der Waals surface area contributed by atoms with E-state index < -0.39 is 5.60 Å². The van der Waals surface area contributed by atoms with Gasteiger partial charge in [-0.25, -0.2) is 0 Å². The molecule has 2 aromatic rings. The molecule has 0 amide bonds. The molecule has 0 aliphatic rings. The predicted octanol–water partition coefficient (Wildman–Crippen LogP) is 2.03. The van der Waals surface area contributed by atoms with Crippen LogP contribution in [0, 0.1) is 0 Å². The van der Waals surface area contributed by atoms with Gasteiger partial charge in [0, 0.05) is 24.2 Å². The molecule has 0 radical (unpaired) electrons. The molecule has 3 heteroatoms. The average molecular weight is 215 g/mol. The highest BCUT2D eigenvalue weighted by molar-refractivity contribution is 5.85. The Morgan fingerprint density at radius 3 is 3.00 bits per heavy atom. The Balaban J connectivity index is 2.64. The highest BCUT2D eigenvalue weighted by Crippen LogP contribution is 2.29. The zero-order chi connectivity index (χ0) is 11.6. The number of pyridine rings is 1. The van der Waals surface area contributed by atoms with Crippen molar-refractivity contribution in [1.82, 2.24) is 4.98 Å². The summed E-state index contributed by atoms with van der Waals surface area (Å²) in [4.78, 5) is 14.6. The molecule has 1 unspecified atom stereocenters. The number of benzene rings is 1. The average Bonchev–Trinajstić information content (AvgIpc) is 2.28. The molecule has 3 nitrogen and oxygen atoms in total. The monoisotopic (exact) mass is 215 g/mol. The molecule has 82 valence electrons. The first kappa shape index (κ1) is 10.8. The van der Waals surface area contributed by atoms with Crippen molar-refractivity contribution in [2.45, 2.75) is 18.9 Å². The van der Waals surface area contributed by atoms with Crippen LogP contribution in [0.25, 0.3) is 10.8 Å². The van der Waals surface area contributed by atoms with E-state index in [1.807, 2.05) is 24.3 Å². The molecular formula is C13H13NO2. The second-order valence-corrected chi connectivity index (χ2v) is 4.05. The standard InChI is InChI=1S/C13H13NO2/c1-13(16,6-8-15)12-4-2-3-10-9-14-7-5-11(10)12/h2-5,7-9,16H,6H2,1H3. The summed E-state index contributed by atoms with van der Waals surface area (Å²) in [6.07, 6.45) is 4.26. The molecule has 0 spiro atoms. The van der Waals surface area contributed by atoms with Crippen molar-refractivity contribution in [2.75, 3.05) is 0 Å². The molecule has 1 N–H and O–H groups in total. The van der Waals surface area contributed by atoms with Gasteiger partial charge in [-0.1, -0.05) is 18.2 Å². The Bertz CT molecular complexity index is 515. The largest absolute Gasteiger partial charge is 0.385 e. The molecule has 1 aromatic heterocycles. The number of nitrogens with zero attached hydrogens (tertiary/aromatic N) is 1. The minimum atomic E-state index is -1.12. The third kappa shape index (κ3) is 1.82. The maximum atomic E-state index is 10.6. The lowest BCUT2D eigenvalue weighted by Crippen LogP contribution is -2.21. The molecule has 16 heavy (non-hydrogen) atoms. The van der Waals surface area contributed by atoms with Gasteiger partial charge in [-0.3, -0.25) is 4.98 Å². The van der Waals surface area contributed by atoms with Crippen molar-refractivity contribution in [2.24, 2.45) is 0 Å². The van der Waals surface area contributed by atoms with E-state index in [0.717, 1.165) is 22.6 Å². The van der Waals surface area contributed by atoms with Crippen LogP contribution in [0.5, 0.6) is 0 Å². The SMILES string of the molecule is CC(O)(CC=O)c1cccc2cnccc12. The number of aromatic nitrogens is 1. The zero-order valence-electron chi connectivity index (χ0n) is 9.05.